The number of hydrogen-bond donors (Lipinski definition) is 1. The lowest BCUT2D eigenvalue weighted by molar-refractivity contribution is -0.140. The monoisotopic (exact) mass is 543 g/mol. The Labute approximate surface area is 227 Å². The molecule has 8 nitrogen and oxygen atoms in total. The van der Waals surface area contributed by atoms with Gasteiger partial charge in [-0.1, -0.05) is 44.4 Å². The van der Waals surface area contributed by atoms with E-state index in [9.17, 15) is 18.0 Å². The Morgan fingerprint density at radius 1 is 1.03 bits per heavy atom. The van der Waals surface area contributed by atoms with Crippen molar-refractivity contribution >= 4 is 27.5 Å². The fraction of sp³-hybridized carbons (Fsp3) is 0.517. The van der Waals surface area contributed by atoms with E-state index in [1.54, 1.807) is 31.4 Å². The van der Waals surface area contributed by atoms with Crippen molar-refractivity contribution in [2.75, 3.05) is 24.2 Å². The van der Waals surface area contributed by atoms with E-state index in [0.717, 1.165) is 52.9 Å². The molecular weight excluding hydrogens is 502 g/mol. The topological polar surface area (TPSA) is 96.0 Å². The van der Waals surface area contributed by atoms with Gasteiger partial charge in [-0.15, -0.1) is 0 Å². The van der Waals surface area contributed by atoms with Crippen LogP contribution in [0.2, 0.25) is 0 Å². The highest BCUT2D eigenvalue weighted by Gasteiger charge is 2.32. The first-order valence-corrected chi connectivity index (χ1v) is 15.2. The summed E-state index contributed by atoms with van der Waals surface area (Å²) < 4.78 is 32.0. The maximum Gasteiger partial charge on any atom is 0.244 e. The number of nitrogens with zero attached hydrogens (tertiary/aromatic N) is 2. The summed E-state index contributed by atoms with van der Waals surface area (Å²) in [6.45, 7) is 5.49. The quantitative estimate of drug-likeness (QED) is 0.455. The summed E-state index contributed by atoms with van der Waals surface area (Å²) in [5.74, 6) is 0.0557. The van der Waals surface area contributed by atoms with Crippen LogP contribution in [0.15, 0.2) is 42.5 Å². The smallest absolute Gasteiger partial charge is 0.244 e. The Bertz CT molecular complexity index is 1210. The van der Waals surface area contributed by atoms with E-state index in [2.05, 4.69) is 5.32 Å². The van der Waals surface area contributed by atoms with Gasteiger partial charge in [0.25, 0.3) is 0 Å². The number of carbonyl (C=O) groups excluding carboxylic acids is 2. The van der Waals surface area contributed by atoms with Crippen LogP contribution >= 0.6 is 0 Å². The number of amides is 2. The van der Waals surface area contributed by atoms with Gasteiger partial charge < -0.3 is 15.0 Å². The van der Waals surface area contributed by atoms with E-state index < -0.39 is 28.5 Å². The summed E-state index contributed by atoms with van der Waals surface area (Å²) in [4.78, 5) is 28.8. The molecule has 3 rings (SSSR count). The number of sulfonamides is 1. The number of rotatable bonds is 11. The Morgan fingerprint density at radius 3 is 2.24 bits per heavy atom. The predicted molar refractivity (Wildman–Crippen MR) is 151 cm³/mol. The van der Waals surface area contributed by atoms with Gasteiger partial charge in [0, 0.05) is 12.6 Å². The van der Waals surface area contributed by atoms with Crippen LogP contribution in [0.25, 0.3) is 0 Å². The van der Waals surface area contributed by atoms with Crippen molar-refractivity contribution in [2.24, 2.45) is 0 Å². The Morgan fingerprint density at radius 2 is 1.68 bits per heavy atom. The van der Waals surface area contributed by atoms with Gasteiger partial charge in [0.2, 0.25) is 21.8 Å². The second-order valence-corrected chi connectivity index (χ2v) is 12.1. The molecule has 0 aromatic heterocycles. The van der Waals surface area contributed by atoms with Gasteiger partial charge >= 0.3 is 0 Å². The van der Waals surface area contributed by atoms with E-state index >= 15 is 0 Å². The van der Waals surface area contributed by atoms with Crippen molar-refractivity contribution in [2.45, 2.75) is 77.9 Å². The number of methoxy groups -OCH3 is 1. The number of hydrogen-bond acceptors (Lipinski definition) is 5. The van der Waals surface area contributed by atoms with Gasteiger partial charge in [-0.2, -0.15) is 0 Å². The summed E-state index contributed by atoms with van der Waals surface area (Å²) in [7, 11) is -2.18. The molecule has 2 aromatic rings. The van der Waals surface area contributed by atoms with Gasteiger partial charge in [-0.05, 0) is 74.1 Å². The first kappa shape index (κ1) is 29.5. The minimum atomic E-state index is -3.76. The fourth-order valence-corrected chi connectivity index (χ4v) is 5.73. The summed E-state index contributed by atoms with van der Waals surface area (Å²) >= 11 is 0. The Kier molecular flexibility index (Phi) is 10.2. The summed E-state index contributed by atoms with van der Waals surface area (Å²) in [5.41, 5.74) is 3.20. The van der Waals surface area contributed by atoms with E-state index in [4.69, 9.17) is 4.74 Å². The number of benzene rings is 2. The Balaban J connectivity index is 1.92. The molecule has 0 heterocycles. The van der Waals surface area contributed by atoms with E-state index in [1.165, 1.54) is 11.3 Å². The van der Waals surface area contributed by atoms with Gasteiger partial charge in [0.05, 0.1) is 19.1 Å². The molecule has 0 bridgehead atoms. The molecule has 0 unspecified atom stereocenters. The first-order valence-electron chi connectivity index (χ1n) is 13.3. The number of carbonyl (C=O) groups is 2. The number of aryl methyl sites for hydroxylation is 2. The van der Waals surface area contributed by atoms with Crippen molar-refractivity contribution in [1.29, 1.82) is 0 Å². The van der Waals surface area contributed by atoms with Crippen LogP contribution in [0.4, 0.5) is 5.69 Å². The zero-order valence-corrected chi connectivity index (χ0v) is 24.0. The molecule has 0 radical (unpaired) electrons. The summed E-state index contributed by atoms with van der Waals surface area (Å²) in [6, 6.07) is 12.0. The zero-order valence-electron chi connectivity index (χ0n) is 23.2. The van der Waals surface area contributed by atoms with Crippen LogP contribution < -0.4 is 14.4 Å². The predicted octanol–water partition coefficient (Wildman–Crippen LogP) is 4.33. The molecule has 208 valence electrons. The highest BCUT2D eigenvalue weighted by atomic mass is 32.2. The molecule has 1 aliphatic carbocycles. The van der Waals surface area contributed by atoms with Crippen LogP contribution in [0.1, 0.15) is 62.1 Å². The average molecular weight is 544 g/mol. The highest BCUT2D eigenvalue weighted by Crippen LogP contribution is 2.23. The largest absolute Gasteiger partial charge is 0.497 e. The molecule has 38 heavy (non-hydrogen) atoms. The summed E-state index contributed by atoms with van der Waals surface area (Å²) in [5, 5.41) is 3.15. The maximum absolute atomic E-state index is 13.9. The second kappa shape index (κ2) is 13.1. The van der Waals surface area contributed by atoms with E-state index in [1.807, 2.05) is 39.0 Å². The molecule has 2 aromatic carbocycles. The average Bonchev–Trinajstić information content (AvgIpc) is 2.89. The first-order chi connectivity index (χ1) is 18.0. The Hall–Kier alpha value is -3.07. The molecule has 1 N–H and O–H groups in total. The van der Waals surface area contributed by atoms with Gasteiger partial charge in [0.15, 0.2) is 0 Å². The lowest BCUT2D eigenvalue weighted by Gasteiger charge is -2.34. The fourth-order valence-electron chi connectivity index (χ4n) is 4.89. The van der Waals surface area contributed by atoms with Gasteiger partial charge in [-0.3, -0.25) is 13.9 Å². The lowest BCUT2D eigenvalue weighted by atomic mass is 9.95. The molecule has 1 fully saturated rings. The molecule has 1 saturated carbocycles. The highest BCUT2D eigenvalue weighted by molar-refractivity contribution is 7.92. The second-order valence-electron chi connectivity index (χ2n) is 10.2. The molecule has 0 aliphatic heterocycles. The molecule has 0 spiro atoms. The molecule has 2 amide bonds. The SMILES string of the molecule is CC[C@@H](C(=O)NC1CCCCC1)N(Cc1ccc(OC)cc1)C(=O)CN(c1ccc(C)c(C)c1)S(C)(=O)=O. The van der Waals surface area contributed by atoms with E-state index in [-0.39, 0.29) is 18.5 Å². The standard InChI is InChI=1S/C29H41N3O5S/c1-6-27(29(34)30-24-10-8-7-9-11-24)31(19-23-13-16-26(37-4)17-14-23)28(33)20-32(38(5,35)36)25-15-12-21(2)22(3)18-25/h12-18,24,27H,6-11,19-20H2,1-5H3,(H,30,34)/t27-/m0/s1. The third-order valence-corrected chi connectivity index (χ3v) is 8.45. The summed E-state index contributed by atoms with van der Waals surface area (Å²) in [6.07, 6.45) is 6.70. The normalized spacial score (nSPS) is 15.0. The van der Waals surface area contributed by atoms with Crippen molar-refractivity contribution in [3.63, 3.8) is 0 Å². The van der Waals surface area contributed by atoms with Crippen LogP contribution in [0.3, 0.4) is 0 Å². The van der Waals surface area contributed by atoms with Crippen LogP contribution in [0.5, 0.6) is 5.75 Å². The van der Waals surface area contributed by atoms with Crippen LogP contribution in [-0.2, 0) is 26.2 Å². The number of nitrogens with one attached hydrogen (secondary N) is 1. The van der Waals surface area contributed by atoms with Gasteiger partial charge in [0.1, 0.15) is 18.3 Å². The maximum atomic E-state index is 13.9. The molecule has 9 heteroatoms. The van der Waals surface area contributed by atoms with E-state index in [0.29, 0.717) is 17.9 Å². The minimum absolute atomic E-state index is 0.103. The zero-order chi connectivity index (χ0) is 27.9. The molecule has 1 atom stereocenters. The third-order valence-electron chi connectivity index (χ3n) is 7.31. The van der Waals surface area contributed by atoms with Crippen molar-refractivity contribution in [3.8, 4) is 5.75 Å². The van der Waals surface area contributed by atoms with Crippen LogP contribution in [-0.4, -0.2) is 57.1 Å². The molecule has 0 saturated heterocycles. The van der Waals surface area contributed by atoms with Crippen molar-refractivity contribution < 1.29 is 22.7 Å². The number of anilines is 1. The number of ether oxygens (including phenoxy) is 1. The minimum Gasteiger partial charge on any atom is -0.497 e. The van der Waals surface area contributed by atoms with Crippen molar-refractivity contribution in [3.05, 3.63) is 59.2 Å². The molecule has 1 aliphatic rings. The third kappa shape index (κ3) is 7.72. The lowest BCUT2D eigenvalue weighted by Crippen LogP contribution is -2.53. The van der Waals surface area contributed by atoms with Gasteiger partial charge in [-0.25, -0.2) is 8.42 Å². The van der Waals surface area contributed by atoms with Crippen LogP contribution in [0, 0.1) is 13.8 Å². The molecular formula is C29H41N3O5S. The van der Waals surface area contributed by atoms with Crippen molar-refractivity contribution in [1.82, 2.24) is 10.2 Å².